The minimum Gasteiger partial charge on any atom is -0.390 e. The number of hydrogen-bond acceptors (Lipinski definition) is 2. The third kappa shape index (κ3) is 3.11. The summed E-state index contributed by atoms with van der Waals surface area (Å²) in [5, 5.41) is 9.58. The molecule has 0 aliphatic rings. The van der Waals surface area contributed by atoms with Gasteiger partial charge in [0.25, 0.3) is 0 Å². The molecular weight excluding hydrogens is 132 g/mol. The van der Waals surface area contributed by atoms with Gasteiger partial charge in [-0.05, 0) is 25.0 Å². The molecule has 56 valence electrons. The van der Waals surface area contributed by atoms with Crippen molar-refractivity contribution in [3.63, 3.8) is 0 Å². The summed E-state index contributed by atoms with van der Waals surface area (Å²) in [4.78, 5) is 0. The van der Waals surface area contributed by atoms with Crippen molar-refractivity contribution < 1.29 is 5.11 Å². The fourth-order valence-electron chi connectivity index (χ4n) is 0.812. The topological polar surface area (TPSA) is 20.2 Å². The van der Waals surface area contributed by atoms with Gasteiger partial charge in [-0.15, -0.1) is 0 Å². The fourth-order valence-corrected chi connectivity index (χ4v) is 1.23. The van der Waals surface area contributed by atoms with E-state index < -0.39 is 5.60 Å². The molecule has 0 amide bonds. The smallest absolute Gasteiger partial charge is 0.0650 e. The molecule has 0 saturated carbocycles. The highest BCUT2D eigenvalue weighted by Gasteiger charge is 2.19. The fraction of sp³-hybridized carbons (Fsp3) is 1.00. The van der Waals surface area contributed by atoms with Crippen molar-refractivity contribution in [2.75, 3.05) is 5.75 Å². The standard InChI is InChI=1S/C7H16OS/c1-3-7(8,4-2)5-6-9/h8-9H,3-6H2,1-2H3. The third-order valence-corrected chi connectivity index (χ3v) is 2.12. The Balaban J connectivity index is 3.62. The summed E-state index contributed by atoms with van der Waals surface area (Å²) in [7, 11) is 0. The number of thiol groups is 1. The van der Waals surface area contributed by atoms with Crippen LogP contribution in [-0.4, -0.2) is 16.5 Å². The van der Waals surface area contributed by atoms with E-state index in [2.05, 4.69) is 12.6 Å². The Kier molecular flexibility index (Phi) is 4.32. The molecule has 1 N–H and O–H groups in total. The molecule has 0 bridgehead atoms. The van der Waals surface area contributed by atoms with Gasteiger partial charge in [0.2, 0.25) is 0 Å². The van der Waals surface area contributed by atoms with Crippen molar-refractivity contribution in [2.45, 2.75) is 38.7 Å². The molecule has 0 aromatic carbocycles. The molecule has 0 aliphatic heterocycles. The highest BCUT2D eigenvalue weighted by atomic mass is 32.1. The van der Waals surface area contributed by atoms with E-state index in [1.165, 1.54) is 0 Å². The molecule has 0 fully saturated rings. The van der Waals surface area contributed by atoms with Crippen LogP contribution < -0.4 is 0 Å². The zero-order valence-corrected chi connectivity index (χ0v) is 7.12. The van der Waals surface area contributed by atoms with E-state index in [0.29, 0.717) is 0 Å². The Bertz CT molecular complexity index is 69.3. The van der Waals surface area contributed by atoms with E-state index in [0.717, 1.165) is 25.0 Å². The van der Waals surface area contributed by atoms with Crippen LogP contribution in [0.15, 0.2) is 0 Å². The van der Waals surface area contributed by atoms with E-state index in [-0.39, 0.29) is 0 Å². The Morgan fingerprint density at radius 2 is 1.78 bits per heavy atom. The zero-order chi connectivity index (χ0) is 7.33. The first-order chi connectivity index (χ1) is 4.18. The van der Waals surface area contributed by atoms with Crippen molar-refractivity contribution in [3.05, 3.63) is 0 Å². The summed E-state index contributed by atoms with van der Waals surface area (Å²) in [6, 6.07) is 0. The minimum atomic E-state index is -0.443. The molecule has 9 heavy (non-hydrogen) atoms. The van der Waals surface area contributed by atoms with Gasteiger partial charge >= 0.3 is 0 Å². The second-order valence-electron chi connectivity index (χ2n) is 2.41. The molecule has 0 unspecified atom stereocenters. The van der Waals surface area contributed by atoms with Crippen LogP contribution in [0.4, 0.5) is 0 Å². The molecule has 0 radical (unpaired) electrons. The summed E-state index contributed by atoms with van der Waals surface area (Å²) in [6.45, 7) is 4.01. The summed E-state index contributed by atoms with van der Waals surface area (Å²) in [5.41, 5.74) is -0.443. The summed E-state index contributed by atoms with van der Waals surface area (Å²) >= 11 is 4.06. The van der Waals surface area contributed by atoms with E-state index in [9.17, 15) is 5.11 Å². The maximum atomic E-state index is 9.58. The van der Waals surface area contributed by atoms with Crippen LogP contribution in [0.25, 0.3) is 0 Å². The van der Waals surface area contributed by atoms with E-state index in [4.69, 9.17) is 0 Å². The third-order valence-electron chi connectivity index (χ3n) is 1.89. The maximum Gasteiger partial charge on any atom is 0.0650 e. The lowest BCUT2D eigenvalue weighted by Crippen LogP contribution is -2.26. The number of hydrogen-bond donors (Lipinski definition) is 2. The van der Waals surface area contributed by atoms with E-state index >= 15 is 0 Å². The van der Waals surface area contributed by atoms with Gasteiger partial charge in [0.15, 0.2) is 0 Å². The lowest BCUT2D eigenvalue weighted by Gasteiger charge is -2.23. The second kappa shape index (κ2) is 4.18. The first kappa shape index (κ1) is 9.31. The summed E-state index contributed by atoms with van der Waals surface area (Å²) in [6.07, 6.45) is 2.48. The second-order valence-corrected chi connectivity index (χ2v) is 2.85. The normalized spacial score (nSPS) is 12.0. The van der Waals surface area contributed by atoms with E-state index in [1.54, 1.807) is 0 Å². The van der Waals surface area contributed by atoms with Gasteiger partial charge < -0.3 is 5.11 Å². The lowest BCUT2D eigenvalue weighted by molar-refractivity contribution is 0.0298. The van der Waals surface area contributed by atoms with Crippen molar-refractivity contribution in [2.24, 2.45) is 0 Å². The first-order valence-corrected chi connectivity index (χ1v) is 4.15. The van der Waals surface area contributed by atoms with Crippen LogP contribution in [0.3, 0.4) is 0 Å². The average Bonchev–Trinajstić information content (AvgIpc) is 1.89. The Morgan fingerprint density at radius 1 is 1.33 bits per heavy atom. The van der Waals surface area contributed by atoms with Crippen molar-refractivity contribution >= 4 is 12.6 Å². The van der Waals surface area contributed by atoms with Crippen LogP contribution in [0.2, 0.25) is 0 Å². The Morgan fingerprint density at radius 3 is 1.89 bits per heavy atom. The van der Waals surface area contributed by atoms with Crippen LogP contribution in [0.1, 0.15) is 33.1 Å². The van der Waals surface area contributed by atoms with Crippen molar-refractivity contribution in [1.29, 1.82) is 0 Å². The van der Waals surface area contributed by atoms with Crippen LogP contribution in [0.5, 0.6) is 0 Å². The van der Waals surface area contributed by atoms with Crippen molar-refractivity contribution in [3.8, 4) is 0 Å². The lowest BCUT2D eigenvalue weighted by atomic mass is 9.95. The first-order valence-electron chi connectivity index (χ1n) is 3.51. The summed E-state index contributed by atoms with van der Waals surface area (Å²) < 4.78 is 0. The van der Waals surface area contributed by atoms with Crippen LogP contribution >= 0.6 is 12.6 Å². The molecule has 0 atom stereocenters. The monoisotopic (exact) mass is 148 g/mol. The molecule has 0 aliphatic carbocycles. The average molecular weight is 148 g/mol. The summed E-state index contributed by atoms with van der Waals surface area (Å²) in [5.74, 6) is 0.776. The largest absolute Gasteiger partial charge is 0.390 e. The predicted molar refractivity (Wildman–Crippen MR) is 44.0 cm³/mol. The van der Waals surface area contributed by atoms with Gasteiger partial charge in [0, 0.05) is 0 Å². The highest BCUT2D eigenvalue weighted by Crippen LogP contribution is 2.18. The molecule has 2 heteroatoms. The van der Waals surface area contributed by atoms with Gasteiger partial charge in [-0.1, -0.05) is 13.8 Å². The molecule has 1 nitrogen and oxygen atoms in total. The van der Waals surface area contributed by atoms with E-state index in [1.807, 2.05) is 13.8 Å². The van der Waals surface area contributed by atoms with Gasteiger partial charge in [0.1, 0.15) is 0 Å². The van der Waals surface area contributed by atoms with Gasteiger partial charge in [-0.2, -0.15) is 12.6 Å². The van der Waals surface area contributed by atoms with Crippen LogP contribution in [0, 0.1) is 0 Å². The number of aliphatic hydroxyl groups is 1. The predicted octanol–water partition coefficient (Wildman–Crippen LogP) is 1.86. The van der Waals surface area contributed by atoms with Crippen LogP contribution in [-0.2, 0) is 0 Å². The Hall–Kier alpha value is 0.310. The molecule has 0 spiro atoms. The Labute approximate surface area is 62.9 Å². The molecule has 0 saturated heterocycles. The van der Waals surface area contributed by atoms with Gasteiger partial charge in [-0.3, -0.25) is 0 Å². The molecule has 0 heterocycles. The maximum absolute atomic E-state index is 9.58. The van der Waals surface area contributed by atoms with Gasteiger partial charge in [-0.25, -0.2) is 0 Å². The number of rotatable bonds is 4. The van der Waals surface area contributed by atoms with Gasteiger partial charge in [0.05, 0.1) is 5.60 Å². The quantitative estimate of drug-likeness (QED) is 0.583. The highest BCUT2D eigenvalue weighted by molar-refractivity contribution is 7.80. The molecular formula is C7H16OS. The zero-order valence-electron chi connectivity index (χ0n) is 6.22. The SMILES string of the molecule is CCC(O)(CC)CCS. The molecule has 0 rings (SSSR count). The molecule has 0 aromatic rings. The minimum absolute atomic E-state index is 0.443. The molecule has 0 aromatic heterocycles. The van der Waals surface area contributed by atoms with Crippen molar-refractivity contribution in [1.82, 2.24) is 0 Å².